The predicted molar refractivity (Wildman–Crippen MR) is 89.0 cm³/mol. The number of rotatable bonds is 5. The standard InChI is InChI=1S/C18H21F3N2O4/c1-22(10-18(19,20)21)17(25)16-15(11-3-7-13(26-2)8-4-11)23(12-5-6-12)14(24)9-27-16/h3-4,7-8,12,15-16H,5-6,9-10H2,1-2H3/t15-,16+/m1/s1. The molecule has 0 aromatic heterocycles. The van der Waals surface area contributed by atoms with Crippen LogP contribution in [-0.2, 0) is 14.3 Å². The van der Waals surface area contributed by atoms with Gasteiger partial charge >= 0.3 is 6.18 Å². The first-order valence-electron chi connectivity index (χ1n) is 8.59. The summed E-state index contributed by atoms with van der Waals surface area (Å²) in [6, 6.07) is 5.97. The molecule has 2 amide bonds. The summed E-state index contributed by atoms with van der Waals surface area (Å²) >= 11 is 0. The first kappa shape index (κ1) is 19.5. The van der Waals surface area contributed by atoms with Crippen molar-refractivity contribution in [1.82, 2.24) is 9.80 Å². The van der Waals surface area contributed by atoms with E-state index in [9.17, 15) is 22.8 Å². The summed E-state index contributed by atoms with van der Waals surface area (Å²) < 4.78 is 48.7. The Morgan fingerprint density at radius 3 is 2.44 bits per heavy atom. The zero-order valence-corrected chi connectivity index (χ0v) is 15.0. The van der Waals surface area contributed by atoms with Crippen molar-refractivity contribution in [3.8, 4) is 5.75 Å². The zero-order valence-electron chi connectivity index (χ0n) is 15.0. The Kier molecular flexibility index (Phi) is 5.32. The lowest BCUT2D eigenvalue weighted by molar-refractivity contribution is -0.179. The Balaban J connectivity index is 1.92. The van der Waals surface area contributed by atoms with Crippen LogP contribution in [0.1, 0.15) is 24.4 Å². The average molecular weight is 386 g/mol. The van der Waals surface area contributed by atoms with Crippen LogP contribution in [0.15, 0.2) is 24.3 Å². The number of hydrogen-bond acceptors (Lipinski definition) is 4. The van der Waals surface area contributed by atoms with E-state index in [1.165, 1.54) is 7.11 Å². The number of carbonyl (C=O) groups is 2. The van der Waals surface area contributed by atoms with E-state index in [1.807, 2.05) is 0 Å². The van der Waals surface area contributed by atoms with Crippen molar-refractivity contribution < 1.29 is 32.2 Å². The number of amides is 2. The summed E-state index contributed by atoms with van der Waals surface area (Å²) in [5.41, 5.74) is 0.620. The number of benzene rings is 1. The van der Waals surface area contributed by atoms with Crippen LogP contribution >= 0.6 is 0 Å². The molecule has 0 spiro atoms. The zero-order chi connectivity index (χ0) is 19.8. The fourth-order valence-corrected chi connectivity index (χ4v) is 3.32. The van der Waals surface area contributed by atoms with E-state index in [2.05, 4.69) is 0 Å². The van der Waals surface area contributed by atoms with Crippen LogP contribution in [0.3, 0.4) is 0 Å². The van der Waals surface area contributed by atoms with Crippen molar-refractivity contribution in [3.63, 3.8) is 0 Å². The predicted octanol–water partition coefficient (Wildman–Crippen LogP) is 2.15. The van der Waals surface area contributed by atoms with Crippen LogP contribution in [0.2, 0.25) is 0 Å². The molecular weight excluding hydrogens is 365 g/mol. The van der Waals surface area contributed by atoms with Crippen molar-refractivity contribution >= 4 is 11.8 Å². The number of ether oxygens (including phenoxy) is 2. The van der Waals surface area contributed by atoms with Crippen LogP contribution < -0.4 is 4.74 Å². The second kappa shape index (κ2) is 7.38. The minimum Gasteiger partial charge on any atom is -0.497 e. The Labute approximate surface area is 154 Å². The highest BCUT2D eigenvalue weighted by molar-refractivity contribution is 5.86. The van der Waals surface area contributed by atoms with Gasteiger partial charge in [-0.3, -0.25) is 9.59 Å². The van der Waals surface area contributed by atoms with Crippen LogP contribution in [0.25, 0.3) is 0 Å². The second-order valence-corrected chi connectivity index (χ2v) is 6.79. The molecule has 2 fully saturated rings. The number of halogens is 3. The van der Waals surface area contributed by atoms with Gasteiger partial charge in [-0.1, -0.05) is 12.1 Å². The van der Waals surface area contributed by atoms with Gasteiger partial charge in [0.25, 0.3) is 5.91 Å². The summed E-state index contributed by atoms with van der Waals surface area (Å²) in [5, 5.41) is 0. The number of morpholine rings is 1. The summed E-state index contributed by atoms with van der Waals surface area (Å²) in [5.74, 6) is -0.469. The third-order valence-electron chi connectivity index (χ3n) is 4.69. The van der Waals surface area contributed by atoms with Crippen molar-refractivity contribution in [2.75, 3.05) is 27.3 Å². The molecule has 1 aromatic carbocycles. The molecular formula is C18H21F3N2O4. The van der Waals surface area contributed by atoms with Crippen LogP contribution in [0.4, 0.5) is 13.2 Å². The summed E-state index contributed by atoms with van der Waals surface area (Å²) in [4.78, 5) is 27.3. The van der Waals surface area contributed by atoms with E-state index in [4.69, 9.17) is 9.47 Å². The van der Waals surface area contributed by atoms with Gasteiger partial charge in [-0.05, 0) is 30.5 Å². The van der Waals surface area contributed by atoms with Gasteiger partial charge in [-0.15, -0.1) is 0 Å². The van der Waals surface area contributed by atoms with E-state index in [0.29, 0.717) is 16.2 Å². The van der Waals surface area contributed by atoms with Crippen molar-refractivity contribution in [2.24, 2.45) is 0 Å². The molecule has 0 unspecified atom stereocenters. The van der Waals surface area contributed by atoms with Crippen molar-refractivity contribution in [3.05, 3.63) is 29.8 Å². The van der Waals surface area contributed by atoms with Crippen molar-refractivity contribution in [1.29, 1.82) is 0 Å². The molecule has 9 heteroatoms. The molecule has 1 saturated carbocycles. The monoisotopic (exact) mass is 386 g/mol. The largest absolute Gasteiger partial charge is 0.497 e. The summed E-state index contributed by atoms with van der Waals surface area (Å²) in [7, 11) is 2.60. The maximum Gasteiger partial charge on any atom is 0.406 e. The lowest BCUT2D eigenvalue weighted by Gasteiger charge is -2.42. The fraction of sp³-hybridized carbons (Fsp3) is 0.556. The molecule has 2 atom stereocenters. The molecule has 6 nitrogen and oxygen atoms in total. The summed E-state index contributed by atoms with van der Waals surface area (Å²) in [6.45, 7) is -1.70. The summed E-state index contributed by atoms with van der Waals surface area (Å²) in [6.07, 6.45) is -4.10. The normalized spacial score (nSPS) is 23.3. The molecule has 1 heterocycles. The van der Waals surface area contributed by atoms with Gasteiger partial charge in [0.05, 0.1) is 13.2 Å². The number of alkyl halides is 3. The number of methoxy groups -OCH3 is 1. The highest BCUT2D eigenvalue weighted by Gasteiger charge is 2.48. The van der Waals surface area contributed by atoms with Gasteiger partial charge in [0.15, 0.2) is 6.10 Å². The lowest BCUT2D eigenvalue weighted by atomic mass is 9.96. The number of likely N-dealkylation sites (N-methyl/N-ethyl adjacent to an activating group) is 1. The Morgan fingerprint density at radius 1 is 1.30 bits per heavy atom. The average Bonchev–Trinajstić information content (AvgIpc) is 3.44. The first-order valence-corrected chi connectivity index (χ1v) is 8.59. The number of hydrogen-bond donors (Lipinski definition) is 0. The van der Waals surface area contributed by atoms with Crippen molar-refractivity contribution in [2.45, 2.75) is 37.2 Å². The van der Waals surface area contributed by atoms with Gasteiger partial charge in [0, 0.05) is 13.1 Å². The third kappa shape index (κ3) is 4.35. The molecule has 1 aliphatic heterocycles. The highest BCUT2D eigenvalue weighted by Crippen LogP contribution is 2.40. The first-order chi connectivity index (χ1) is 12.7. The van der Waals surface area contributed by atoms with E-state index < -0.39 is 30.8 Å². The van der Waals surface area contributed by atoms with E-state index >= 15 is 0 Å². The molecule has 148 valence electrons. The topological polar surface area (TPSA) is 59.1 Å². The molecule has 2 aliphatic rings. The fourth-order valence-electron chi connectivity index (χ4n) is 3.32. The minimum atomic E-state index is -4.51. The lowest BCUT2D eigenvalue weighted by Crippen LogP contribution is -2.56. The second-order valence-electron chi connectivity index (χ2n) is 6.79. The van der Waals surface area contributed by atoms with Crippen LogP contribution in [0.5, 0.6) is 5.75 Å². The molecule has 0 radical (unpaired) electrons. The molecule has 27 heavy (non-hydrogen) atoms. The molecule has 1 aliphatic carbocycles. The van der Waals surface area contributed by atoms with E-state index in [-0.39, 0.29) is 18.6 Å². The van der Waals surface area contributed by atoms with E-state index in [0.717, 1.165) is 19.9 Å². The molecule has 0 bridgehead atoms. The SMILES string of the molecule is COc1ccc([C@@H]2[C@@H](C(=O)N(C)CC(F)(F)F)OCC(=O)N2C2CC2)cc1. The quantitative estimate of drug-likeness (QED) is 0.778. The van der Waals surface area contributed by atoms with Gasteiger partial charge in [0.2, 0.25) is 5.91 Å². The molecule has 0 N–H and O–H groups in total. The Bertz CT molecular complexity index is 704. The smallest absolute Gasteiger partial charge is 0.406 e. The highest BCUT2D eigenvalue weighted by atomic mass is 19.4. The van der Waals surface area contributed by atoms with Gasteiger partial charge < -0.3 is 19.3 Å². The Hall–Kier alpha value is -2.29. The molecule has 1 saturated heterocycles. The van der Waals surface area contributed by atoms with Crippen LogP contribution in [-0.4, -0.2) is 67.2 Å². The number of carbonyl (C=O) groups excluding carboxylic acids is 2. The molecule has 1 aromatic rings. The maximum absolute atomic E-state index is 12.7. The Morgan fingerprint density at radius 2 is 1.93 bits per heavy atom. The van der Waals surface area contributed by atoms with Gasteiger partial charge in [-0.25, -0.2) is 0 Å². The third-order valence-corrected chi connectivity index (χ3v) is 4.69. The number of nitrogens with zero attached hydrogens (tertiary/aromatic N) is 2. The maximum atomic E-state index is 12.7. The molecule has 3 rings (SSSR count). The minimum absolute atomic E-state index is 0.0169. The van der Waals surface area contributed by atoms with E-state index in [1.54, 1.807) is 29.2 Å². The van der Waals surface area contributed by atoms with Gasteiger partial charge in [0.1, 0.15) is 18.9 Å². The van der Waals surface area contributed by atoms with Gasteiger partial charge in [-0.2, -0.15) is 13.2 Å². The van der Waals surface area contributed by atoms with Crippen LogP contribution in [0, 0.1) is 0 Å².